The average Bonchev–Trinajstić information content (AvgIpc) is 2.52. The van der Waals surface area contributed by atoms with Gasteiger partial charge in [-0.2, -0.15) is 0 Å². The molecular formula is C16H21NO5. The van der Waals surface area contributed by atoms with Gasteiger partial charge < -0.3 is 19.5 Å². The Morgan fingerprint density at radius 1 is 1.23 bits per heavy atom. The molecule has 120 valence electrons. The molecule has 1 N–H and O–H groups in total. The highest BCUT2D eigenvalue weighted by Gasteiger charge is 2.10. The topological polar surface area (TPSA) is 73.9 Å². The zero-order valence-electron chi connectivity index (χ0n) is 13.0. The van der Waals surface area contributed by atoms with Crippen molar-refractivity contribution in [2.24, 2.45) is 0 Å². The molecule has 6 heteroatoms. The molecule has 1 amide bonds. The third kappa shape index (κ3) is 5.87. The first-order valence-corrected chi connectivity index (χ1v) is 6.96. The fraction of sp³-hybridized carbons (Fsp3) is 0.375. The summed E-state index contributed by atoms with van der Waals surface area (Å²) in [5.74, 6) is -0.00666. The molecular weight excluding hydrogens is 286 g/mol. The van der Waals surface area contributed by atoms with Crippen molar-refractivity contribution < 1.29 is 23.8 Å². The zero-order valence-corrected chi connectivity index (χ0v) is 13.0. The summed E-state index contributed by atoms with van der Waals surface area (Å²) >= 11 is 0. The quantitative estimate of drug-likeness (QED) is 0.741. The molecule has 6 nitrogen and oxygen atoms in total. The van der Waals surface area contributed by atoms with Crippen LogP contribution in [0.25, 0.3) is 6.08 Å². The molecule has 0 unspecified atom stereocenters. The molecule has 0 bridgehead atoms. The number of nitrogens with one attached hydrogen (secondary N) is 1. The number of carbonyl (C=O) groups excluding carboxylic acids is 2. The van der Waals surface area contributed by atoms with E-state index in [4.69, 9.17) is 14.2 Å². The van der Waals surface area contributed by atoms with Crippen molar-refractivity contribution in [3.63, 3.8) is 0 Å². The number of benzene rings is 1. The molecule has 0 fully saturated rings. The van der Waals surface area contributed by atoms with E-state index in [1.165, 1.54) is 7.11 Å². The maximum absolute atomic E-state index is 11.5. The van der Waals surface area contributed by atoms with Crippen molar-refractivity contribution in [3.8, 4) is 11.5 Å². The van der Waals surface area contributed by atoms with E-state index in [1.54, 1.807) is 19.1 Å². The van der Waals surface area contributed by atoms with E-state index >= 15 is 0 Å². The van der Waals surface area contributed by atoms with Gasteiger partial charge in [-0.05, 0) is 31.5 Å². The van der Waals surface area contributed by atoms with Crippen molar-refractivity contribution in [1.82, 2.24) is 5.32 Å². The zero-order chi connectivity index (χ0) is 16.4. The number of hydrogen-bond donors (Lipinski definition) is 1. The van der Waals surface area contributed by atoms with Crippen molar-refractivity contribution in [2.75, 3.05) is 26.9 Å². The number of amides is 1. The van der Waals surface area contributed by atoms with E-state index in [9.17, 15) is 9.59 Å². The van der Waals surface area contributed by atoms with Crippen LogP contribution in [0.15, 0.2) is 24.3 Å². The van der Waals surface area contributed by atoms with Gasteiger partial charge in [0.05, 0.1) is 7.11 Å². The Morgan fingerprint density at radius 3 is 2.64 bits per heavy atom. The molecule has 1 rings (SSSR count). The van der Waals surface area contributed by atoms with Crippen LogP contribution < -0.4 is 14.8 Å². The summed E-state index contributed by atoms with van der Waals surface area (Å²) in [6, 6.07) is 5.36. The number of allylic oxidation sites excluding steroid dienone is 1. The Labute approximate surface area is 130 Å². The van der Waals surface area contributed by atoms with Crippen LogP contribution in [0.5, 0.6) is 11.5 Å². The molecule has 1 aromatic carbocycles. The Balaban J connectivity index is 2.53. The minimum Gasteiger partial charge on any atom is -0.493 e. The van der Waals surface area contributed by atoms with Crippen molar-refractivity contribution in [3.05, 3.63) is 29.8 Å². The Bertz CT molecular complexity index is 539. The van der Waals surface area contributed by atoms with Crippen LogP contribution in [-0.4, -0.2) is 38.7 Å². The number of likely N-dealkylation sites (N-methyl/N-ethyl adjacent to an activating group) is 1. The lowest BCUT2D eigenvalue weighted by Crippen LogP contribution is -2.29. The minimum atomic E-state index is -0.620. The van der Waals surface area contributed by atoms with Crippen LogP contribution in [-0.2, 0) is 14.3 Å². The number of esters is 1. The first kappa shape index (κ1) is 17.6. The van der Waals surface area contributed by atoms with Gasteiger partial charge in [-0.15, -0.1) is 0 Å². The number of methoxy groups -OCH3 is 1. The maximum atomic E-state index is 11.5. The lowest BCUT2D eigenvalue weighted by Gasteiger charge is -2.11. The molecule has 0 spiro atoms. The third-order valence-corrected chi connectivity index (χ3v) is 2.63. The van der Waals surface area contributed by atoms with Crippen molar-refractivity contribution in [2.45, 2.75) is 13.8 Å². The summed E-state index contributed by atoms with van der Waals surface area (Å²) in [5, 5.41) is 2.53. The van der Waals surface area contributed by atoms with E-state index in [0.29, 0.717) is 18.0 Å². The van der Waals surface area contributed by atoms with E-state index in [2.05, 4.69) is 5.32 Å². The molecule has 0 aliphatic heterocycles. The largest absolute Gasteiger partial charge is 0.493 e. The fourth-order valence-electron chi connectivity index (χ4n) is 1.67. The van der Waals surface area contributed by atoms with Gasteiger partial charge in [-0.3, -0.25) is 4.79 Å². The van der Waals surface area contributed by atoms with Gasteiger partial charge in [0.15, 0.2) is 24.7 Å². The predicted octanol–water partition coefficient (Wildman–Crippen LogP) is 1.79. The van der Waals surface area contributed by atoms with E-state index in [1.807, 2.05) is 25.1 Å². The SMILES string of the molecule is C/C=C/c1ccc(OCC(=O)OCC(=O)NCC)c(OC)c1. The summed E-state index contributed by atoms with van der Waals surface area (Å²) < 4.78 is 15.4. The summed E-state index contributed by atoms with van der Waals surface area (Å²) in [7, 11) is 1.52. The summed E-state index contributed by atoms with van der Waals surface area (Å²) in [6.07, 6.45) is 3.83. The van der Waals surface area contributed by atoms with Crippen molar-refractivity contribution >= 4 is 18.0 Å². The molecule has 0 saturated carbocycles. The molecule has 0 aliphatic rings. The van der Waals surface area contributed by atoms with Crippen LogP contribution in [0.2, 0.25) is 0 Å². The highest BCUT2D eigenvalue weighted by atomic mass is 16.6. The van der Waals surface area contributed by atoms with E-state index in [-0.39, 0.29) is 19.1 Å². The maximum Gasteiger partial charge on any atom is 0.344 e. The second-order valence-electron chi connectivity index (χ2n) is 4.31. The van der Waals surface area contributed by atoms with Crippen LogP contribution in [0, 0.1) is 0 Å². The summed E-state index contributed by atoms with van der Waals surface area (Å²) in [4.78, 5) is 22.7. The molecule has 0 atom stereocenters. The van der Waals surface area contributed by atoms with Gasteiger partial charge in [0.2, 0.25) is 0 Å². The number of hydrogen-bond acceptors (Lipinski definition) is 5. The smallest absolute Gasteiger partial charge is 0.344 e. The van der Waals surface area contributed by atoms with E-state index < -0.39 is 5.97 Å². The van der Waals surface area contributed by atoms with Gasteiger partial charge >= 0.3 is 5.97 Å². The van der Waals surface area contributed by atoms with E-state index in [0.717, 1.165) is 5.56 Å². The summed E-state index contributed by atoms with van der Waals surface area (Å²) in [6.45, 7) is 3.59. The molecule has 0 heterocycles. The Morgan fingerprint density at radius 2 is 2.00 bits per heavy atom. The molecule has 0 aliphatic carbocycles. The van der Waals surface area contributed by atoms with Gasteiger partial charge in [-0.1, -0.05) is 18.2 Å². The fourth-order valence-corrected chi connectivity index (χ4v) is 1.67. The Kier molecular flexibility index (Phi) is 7.53. The first-order chi connectivity index (χ1) is 10.6. The van der Waals surface area contributed by atoms with Crippen LogP contribution in [0.3, 0.4) is 0 Å². The first-order valence-electron chi connectivity index (χ1n) is 6.96. The number of rotatable bonds is 8. The molecule has 0 radical (unpaired) electrons. The van der Waals surface area contributed by atoms with Gasteiger partial charge in [-0.25, -0.2) is 4.79 Å². The summed E-state index contributed by atoms with van der Waals surface area (Å²) in [5.41, 5.74) is 0.963. The second-order valence-corrected chi connectivity index (χ2v) is 4.31. The Hall–Kier alpha value is -2.50. The lowest BCUT2D eigenvalue weighted by molar-refractivity contribution is -0.150. The van der Waals surface area contributed by atoms with Crippen LogP contribution >= 0.6 is 0 Å². The molecule has 0 saturated heterocycles. The molecule has 0 aromatic heterocycles. The molecule has 1 aromatic rings. The van der Waals surface area contributed by atoms with Gasteiger partial charge in [0.25, 0.3) is 5.91 Å². The molecule has 22 heavy (non-hydrogen) atoms. The van der Waals surface area contributed by atoms with Gasteiger partial charge in [0, 0.05) is 6.54 Å². The van der Waals surface area contributed by atoms with Crippen molar-refractivity contribution in [1.29, 1.82) is 0 Å². The van der Waals surface area contributed by atoms with Crippen LogP contribution in [0.4, 0.5) is 0 Å². The third-order valence-electron chi connectivity index (χ3n) is 2.63. The second kappa shape index (κ2) is 9.44. The normalized spacial score (nSPS) is 10.3. The van der Waals surface area contributed by atoms with Gasteiger partial charge in [0.1, 0.15) is 0 Å². The monoisotopic (exact) mass is 307 g/mol. The lowest BCUT2D eigenvalue weighted by atomic mass is 10.2. The predicted molar refractivity (Wildman–Crippen MR) is 82.8 cm³/mol. The highest BCUT2D eigenvalue weighted by molar-refractivity contribution is 5.80. The standard InChI is InChI=1S/C16H21NO5/c1-4-6-12-7-8-13(14(9-12)20-3)21-11-16(19)22-10-15(18)17-5-2/h4,6-9H,5,10-11H2,1-3H3,(H,17,18)/b6-4+. The number of carbonyl (C=O) groups is 2. The minimum absolute atomic E-state index is 0.293. The van der Waals surface area contributed by atoms with Crippen LogP contribution in [0.1, 0.15) is 19.4 Å². The highest BCUT2D eigenvalue weighted by Crippen LogP contribution is 2.28. The average molecular weight is 307 g/mol. The number of ether oxygens (including phenoxy) is 3.